The van der Waals surface area contributed by atoms with Gasteiger partial charge in [0, 0.05) is 18.3 Å². The monoisotopic (exact) mass is 161 g/mol. The molecule has 0 aromatic rings. The van der Waals surface area contributed by atoms with Crippen molar-refractivity contribution >= 4 is 18.1 Å². The van der Waals surface area contributed by atoms with Crippen LogP contribution in [0.3, 0.4) is 0 Å². The lowest BCUT2D eigenvalue weighted by Gasteiger charge is -2.21. The first kappa shape index (κ1) is 7.66. The van der Waals surface area contributed by atoms with Crippen LogP contribution in [0.25, 0.3) is 0 Å². The van der Waals surface area contributed by atoms with Gasteiger partial charge >= 0.3 is 0 Å². The van der Waals surface area contributed by atoms with Gasteiger partial charge in [0.15, 0.2) is 0 Å². The molecule has 0 N–H and O–H groups in total. The first-order chi connectivity index (χ1) is 4.75. The molecule has 0 saturated carbocycles. The van der Waals surface area contributed by atoms with Crippen LogP contribution >= 0.6 is 11.8 Å². The molecule has 58 valence electrons. The Balaban J connectivity index is 2.41. The number of rotatable bonds is 2. The van der Waals surface area contributed by atoms with Crippen LogP contribution < -0.4 is 0 Å². The van der Waals surface area contributed by atoms with E-state index in [1.54, 1.807) is 10.8 Å². The minimum absolute atomic E-state index is 0.210. The van der Waals surface area contributed by atoms with Crippen molar-refractivity contribution in [3.05, 3.63) is 0 Å². The van der Waals surface area contributed by atoms with E-state index in [1.807, 2.05) is 11.9 Å². The topological polar surface area (TPSA) is 18.8 Å². The lowest BCUT2D eigenvalue weighted by molar-refractivity contribution is 0.192. The molecular formula is C6H12ClN3. The molecule has 1 rings (SSSR count). The summed E-state index contributed by atoms with van der Waals surface area (Å²) in [6.07, 6.45) is 2.95. The number of hydrazone groups is 1. The van der Waals surface area contributed by atoms with E-state index >= 15 is 0 Å². The maximum absolute atomic E-state index is 5.74. The Morgan fingerprint density at radius 1 is 1.70 bits per heavy atom. The second-order valence-corrected chi connectivity index (χ2v) is 2.76. The molecule has 1 aliphatic rings. The van der Waals surface area contributed by atoms with E-state index in [0.717, 1.165) is 13.0 Å². The van der Waals surface area contributed by atoms with Gasteiger partial charge in [-0.3, -0.25) is 5.01 Å². The number of nitrogens with zero attached hydrogens (tertiary/aromatic N) is 3. The fourth-order valence-electron chi connectivity index (χ4n) is 0.910. The minimum Gasteiger partial charge on any atom is -0.272 e. The van der Waals surface area contributed by atoms with Crippen LogP contribution in [0.5, 0.6) is 0 Å². The van der Waals surface area contributed by atoms with Crippen molar-refractivity contribution in [2.24, 2.45) is 5.10 Å². The number of hydrogen-bond donors (Lipinski definition) is 0. The van der Waals surface area contributed by atoms with Crippen LogP contribution in [0, 0.1) is 0 Å². The third-order valence-electron chi connectivity index (χ3n) is 1.55. The molecule has 0 aromatic heterocycles. The maximum Gasteiger partial charge on any atom is 0.131 e. The van der Waals surface area contributed by atoms with Crippen molar-refractivity contribution in [1.29, 1.82) is 0 Å². The fourth-order valence-corrected chi connectivity index (χ4v) is 1.05. The molecule has 0 amide bonds. The van der Waals surface area contributed by atoms with Crippen LogP contribution in [0.4, 0.5) is 0 Å². The van der Waals surface area contributed by atoms with Gasteiger partial charge in [-0.1, -0.05) is 6.92 Å². The first-order valence-corrected chi connectivity index (χ1v) is 3.84. The van der Waals surface area contributed by atoms with Crippen molar-refractivity contribution in [1.82, 2.24) is 9.43 Å². The predicted octanol–water partition coefficient (Wildman–Crippen LogP) is 1.46. The van der Waals surface area contributed by atoms with Crippen molar-refractivity contribution in [3.63, 3.8) is 0 Å². The highest BCUT2D eigenvalue weighted by Crippen LogP contribution is 2.13. The quantitative estimate of drug-likeness (QED) is 0.571. The molecule has 1 heterocycles. The van der Waals surface area contributed by atoms with Crippen LogP contribution in [-0.4, -0.2) is 28.5 Å². The van der Waals surface area contributed by atoms with Crippen molar-refractivity contribution in [3.8, 4) is 0 Å². The summed E-state index contributed by atoms with van der Waals surface area (Å²) in [6, 6.07) is 0. The summed E-state index contributed by atoms with van der Waals surface area (Å²) in [6.45, 7) is 5.12. The predicted molar refractivity (Wildman–Crippen MR) is 42.6 cm³/mol. The van der Waals surface area contributed by atoms with Gasteiger partial charge in [0.1, 0.15) is 12.5 Å². The van der Waals surface area contributed by atoms with Crippen LogP contribution in [0.2, 0.25) is 0 Å². The fraction of sp³-hybridized carbons (Fsp3) is 0.833. The summed E-state index contributed by atoms with van der Waals surface area (Å²) in [5.41, 5.74) is 0. The Bertz CT molecular complexity index is 137. The smallest absolute Gasteiger partial charge is 0.131 e. The summed E-state index contributed by atoms with van der Waals surface area (Å²) in [5, 5.41) is 6.06. The van der Waals surface area contributed by atoms with Gasteiger partial charge in [0.05, 0.1) is 0 Å². The Kier molecular flexibility index (Phi) is 2.38. The SMILES string of the molecule is CCCN1N=CN(Cl)C1C. The Labute approximate surface area is 66.4 Å². The summed E-state index contributed by atoms with van der Waals surface area (Å²) >= 11 is 5.74. The van der Waals surface area contributed by atoms with E-state index in [2.05, 4.69) is 12.0 Å². The largest absolute Gasteiger partial charge is 0.272 e. The van der Waals surface area contributed by atoms with Crippen molar-refractivity contribution in [2.45, 2.75) is 26.4 Å². The van der Waals surface area contributed by atoms with Gasteiger partial charge < -0.3 is 0 Å². The summed E-state index contributed by atoms with van der Waals surface area (Å²) in [4.78, 5) is 0. The van der Waals surface area contributed by atoms with Crippen molar-refractivity contribution in [2.75, 3.05) is 6.54 Å². The second-order valence-electron chi connectivity index (χ2n) is 2.37. The molecule has 0 aliphatic carbocycles. The van der Waals surface area contributed by atoms with Gasteiger partial charge in [0.2, 0.25) is 0 Å². The van der Waals surface area contributed by atoms with E-state index < -0.39 is 0 Å². The van der Waals surface area contributed by atoms with E-state index in [1.165, 1.54) is 0 Å². The van der Waals surface area contributed by atoms with E-state index in [4.69, 9.17) is 11.8 Å². The van der Waals surface area contributed by atoms with Gasteiger partial charge in [-0.25, -0.2) is 4.42 Å². The van der Waals surface area contributed by atoms with E-state index in [9.17, 15) is 0 Å². The average Bonchev–Trinajstić information content (AvgIpc) is 2.20. The van der Waals surface area contributed by atoms with Gasteiger partial charge in [-0.05, 0) is 13.3 Å². The highest BCUT2D eigenvalue weighted by Gasteiger charge is 2.20. The zero-order chi connectivity index (χ0) is 7.56. The van der Waals surface area contributed by atoms with Crippen LogP contribution in [0.1, 0.15) is 20.3 Å². The molecule has 3 nitrogen and oxygen atoms in total. The molecule has 1 atom stereocenters. The average molecular weight is 162 g/mol. The number of hydrogen-bond acceptors (Lipinski definition) is 3. The highest BCUT2D eigenvalue weighted by atomic mass is 35.5. The zero-order valence-corrected chi connectivity index (χ0v) is 7.04. The highest BCUT2D eigenvalue weighted by molar-refractivity contribution is 6.19. The van der Waals surface area contributed by atoms with Crippen LogP contribution in [-0.2, 0) is 0 Å². The lowest BCUT2D eigenvalue weighted by atomic mass is 10.4. The Morgan fingerprint density at radius 3 is 2.80 bits per heavy atom. The standard InChI is InChI=1S/C6H12ClN3/c1-3-4-10-6(2)9(7)5-8-10/h5-6H,3-4H2,1-2H3. The summed E-state index contributed by atoms with van der Waals surface area (Å²) in [7, 11) is 0. The molecule has 4 heteroatoms. The third kappa shape index (κ3) is 1.34. The maximum atomic E-state index is 5.74. The molecule has 0 fully saturated rings. The second kappa shape index (κ2) is 3.10. The summed E-state index contributed by atoms with van der Waals surface area (Å²) < 4.78 is 1.58. The molecule has 1 aliphatic heterocycles. The van der Waals surface area contributed by atoms with Gasteiger partial charge in [-0.2, -0.15) is 5.10 Å². The van der Waals surface area contributed by atoms with Crippen molar-refractivity contribution < 1.29 is 0 Å². The molecule has 0 radical (unpaired) electrons. The molecule has 1 unspecified atom stereocenters. The third-order valence-corrected chi connectivity index (χ3v) is 1.92. The first-order valence-electron chi connectivity index (χ1n) is 3.50. The van der Waals surface area contributed by atoms with Gasteiger partial charge in [0.25, 0.3) is 0 Å². The number of halogens is 1. The van der Waals surface area contributed by atoms with E-state index in [-0.39, 0.29) is 6.17 Å². The lowest BCUT2D eigenvalue weighted by Crippen LogP contribution is -2.31. The van der Waals surface area contributed by atoms with Gasteiger partial charge in [-0.15, -0.1) is 0 Å². The summed E-state index contributed by atoms with van der Waals surface area (Å²) in [5.74, 6) is 0. The molecule has 10 heavy (non-hydrogen) atoms. The van der Waals surface area contributed by atoms with E-state index in [0.29, 0.717) is 0 Å². The minimum atomic E-state index is 0.210. The zero-order valence-electron chi connectivity index (χ0n) is 6.29. The molecular weight excluding hydrogens is 150 g/mol. The molecule has 0 aromatic carbocycles. The molecule has 0 spiro atoms. The van der Waals surface area contributed by atoms with Crippen LogP contribution in [0.15, 0.2) is 5.10 Å². The molecule has 0 bridgehead atoms. The Hall–Kier alpha value is -0.440. The normalized spacial score (nSPS) is 24.5. The Morgan fingerprint density at radius 2 is 2.40 bits per heavy atom. The molecule has 0 saturated heterocycles.